The summed E-state index contributed by atoms with van der Waals surface area (Å²) in [7, 11) is 0. The predicted molar refractivity (Wildman–Crippen MR) is 93.6 cm³/mol. The summed E-state index contributed by atoms with van der Waals surface area (Å²) in [5.74, 6) is 0. The Kier molecular flexibility index (Phi) is 5.23. The SMILES string of the molecule is CCN(CC)c1ccc(NC(C)c2nc(C)sc2C)cc1. The molecule has 1 atom stereocenters. The molecule has 1 aromatic heterocycles. The number of nitrogens with zero attached hydrogens (tertiary/aromatic N) is 2. The number of benzene rings is 1. The monoisotopic (exact) mass is 303 g/mol. The first-order valence-electron chi connectivity index (χ1n) is 7.60. The van der Waals surface area contributed by atoms with Crippen molar-refractivity contribution in [3.8, 4) is 0 Å². The molecule has 1 aromatic carbocycles. The van der Waals surface area contributed by atoms with Gasteiger partial charge in [0.15, 0.2) is 0 Å². The number of hydrogen-bond donors (Lipinski definition) is 1. The van der Waals surface area contributed by atoms with Gasteiger partial charge in [-0.05, 0) is 58.9 Å². The smallest absolute Gasteiger partial charge is 0.0901 e. The topological polar surface area (TPSA) is 28.2 Å². The van der Waals surface area contributed by atoms with Gasteiger partial charge >= 0.3 is 0 Å². The van der Waals surface area contributed by atoms with E-state index in [2.05, 4.69) is 74.1 Å². The lowest BCUT2D eigenvalue weighted by Crippen LogP contribution is -2.21. The zero-order valence-corrected chi connectivity index (χ0v) is 14.4. The van der Waals surface area contributed by atoms with Crippen LogP contribution < -0.4 is 10.2 Å². The Hall–Kier alpha value is -1.55. The average molecular weight is 303 g/mol. The molecule has 0 aliphatic rings. The number of thiazole rings is 1. The Bertz CT molecular complexity index is 570. The first-order valence-corrected chi connectivity index (χ1v) is 8.42. The fourth-order valence-corrected chi connectivity index (χ4v) is 3.54. The second-order valence-electron chi connectivity index (χ2n) is 5.26. The van der Waals surface area contributed by atoms with E-state index in [1.165, 1.54) is 10.6 Å². The van der Waals surface area contributed by atoms with Crippen LogP contribution in [0.15, 0.2) is 24.3 Å². The zero-order valence-electron chi connectivity index (χ0n) is 13.6. The number of anilines is 2. The van der Waals surface area contributed by atoms with Crippen LogP contribution in [0.25, 0.3) is 0 Å². The molecule has 0 spiro atoms. The zero-order chi connectivity index (χ0) is 15.4. The lowest BCUT2D eigenvalue weighted by atomic mass is 10.2. The third-order valence-electron chi connectivity index (χ3n) is 3.73. The van der Waals surface area contributed by atoms with Gasteiger partial charge in [0, 0.05) is 29.3 Å². The van der Waals surface area contributed by atoms with Gasteiger partial charge < -0.3 is 10.2 Å². The molecule has 0 amide bonds. The van der Waals surface area contributed by atoms with E-state index in [0.29, 0.717) is 0 Å². The fraction of sp³-hybridized carbons (Fsp3) is 0.471. The minimum absolute atomic E-state index is 0.231. The molecule has 0 radical (unpaired) electrons. The molecule has 114 valence electrons. The fourth-order valence-electron chi connectivity index (χ4n) is 2.62. The highest BCUT2D eigenvalue weighted by atomic mass is 32.1. The number of rotatable bonds is 6. The van der Waals surface area contributed by atoms with Crippen molar-refractivity contribution >= 4 is 22.7 Å². The van der Waals surface area contributed by atoms with Gasteiger partial charge in [-0.15, -0.1) is 11.3 Å². The van der Waals surface area contributed by atoms with Crippen LogP contribution >= 0.6 is 11.3 Å². The van der Waals surface area contributed by atoms with E-state index in [1.54, 1.807) is 11.3 Å². The van der Waals surface area contributed by atoms with Gasteiger partial charge in [-0.2, -0.15) is 0 Å². The molecule has 0 bridgehead atoms. The van der Waals surface area contributed by atoms with Crippen molar-refractivity contribution in [2.75, 3.05) is 23.3 Å². The molecule has 1 N–H and O–H groups in total. The second kappa shape index (κ2) is 6.94. The Labute approximate surface area is 132 Å². The van der Waals surface area contributed by atoms with Crippen molar-refractivity contribution in [3.05, 3.63) is 39.8 Å². The Morgan fingerprint density at radius 3 is 2.24 bits per heavy atom. The van der Waals surface area contributed by atoms with E-state index in [4.69, 9.17) is 0 Å². The van der Waals surface area contributed by atoms with Crippen LogP contribution in [0.3, 0.4) is 0 Å². The summed E-state index contributed by atoms with van der Waals surface area (Å²) in [6.45, 7) is 12.8. The summed E-state index contributed by atoms with van der Waals surface area (Å²) in [5, 5.41) is 4.67. The molecule has 2 aromatic rings. The highest BCUT2D eigenvalue weighted by Gasteiger charge is 2.13. The highest BCUT2D eigenvalue weighted by molar-refractivity contribution is 7.11. The Balaban J connectivity index is 2.08. The maximum absolute atomic E-state index is 4.63. The highest BCUT2D eigenvalue weighted by Crippen LogP contribution is 2.26. The third kappa shape index (κ3) is 3.76. The molecular formula is C17H25N3S. The molecule has 0 fully saturated rings. The van der Waals surface area contributed by atoms with Crippen LogP contribution in [0.1, 0.15) is 42.4 Å². The van der Waals surface area contributed by atoms with Gasteiger partial charge in [0.1, 0.15) is 0 Å². The summed E-state index contributed by atoms with van der Waals surface area (Å²) in [5.41, 5.74) is 3.58. The average Bonchev–Trinajstić information content (AvgIpc) is 2.81. The maximum atomic E-state index is 4.63. The first kappa shape index (κ1) is 15.8. The van der Waals surface area contributed by atoms with Crippen LogP contribution in [0.2, 0.25) is 0 Å². The van der Waals surface area contributed by atoms with Crippen LogP contribution in [0.5, 0.6) is 0 Å². The van der Waals surface area contributed by atoms with Crippen LogP contribution in [0.4, 0.5) is 11.4 Å². The van der Waals surface area contributed by atoms with Gasteiger partial charge in [0.05, 0.1) is 16.7 Å². The van der Waals surface area contributed by atoms with Crippen molar-refractivity contribution in [1.82, 2.24) is 4.98 Å². The molecular weight excluding hydrogens is 278 g/mol. The van der Waals surface area contributed by atoms with Crippen molar-refractivity contribution in [2.24, 2.45) is 0 Å². The molecule has 4 heteroatoms. The van der Waals surface area contributed by atoms with E-state index < -0.39 is 0 Å². The van der Waals surface area contributed by atoms with Gasteiger partial charge in [-0.25, -0.2) is 4.98 Å². The van der Waals surface area contributed by atoms with Crippen LogP contribution in [0, 0.1) is 13.8 Å². The van der Waals surface area contributed by atoms with Crippen molar-refractivity contribution < 1.29 is 0 Å². The summed E-state index contributed by atoms with van der Waals surface area (Å²) in [6, 6.07) is 8.90. The largest absolute Gasteiger partial charge is 0.377 e. The maximum Gasteiger partial charge on any atom is 0.0901 e. The van der Waals surface area contributed by atoms with E-state index in [1.807, 2.05) is 0 Å². The summed E-state index contributed by atoms with van der Waals surface area (Å²) < 4.78 is 0. The second-order valence-corrected chi connectivity index (χ2v) is 6.67. The number of nitrogens with one attached hydrogen (secondary N) is 1. The third-order valence-corrected chi connectivity index (χ3v) is 4.63. The molecule has 0 saturated carbocycles. The normalized spacial score (nSPS) is 12.2. The van der Waals surface area contributed by atoms with E-state index >= 15 is 0 Å². The Morgan fingerprint density at radius 2 is 1.76 bits per heavy atom. The molecule has 0 saturated heterocycles. The van der Waals surface area contributed by atoms with E-state index in [-0.39, 0.29) is 6.04 Å². The van der Waals surface area contributed by atoms with E-state index in [0.717, 1.165) is 29.5 Å². The van der Waals surface area contributed by atoms with Crippen molar-refractivity contribution in [1.29, 1.82) is 0 Å². The van der Waals surface area contributed by atoms with Crippen LogP contribution in [-0.4, -0.2) is 18.1 Å². The van der Waals surface area contributed by atoms with Crippen LogP contribution in [-0.2, 0) is 0 Å². The minimum Gasteiger partial charge on any atom is -0.377 e. The lowest BCUT2D eigenvalue weighted by molar-refractivity contribution is 0.836. The lowest BCUT2D eigenvalue weighted by Gasteiger charge is -2.21. The van der Waals surface area contributed by atoms with Gasteiger partial charge in [0.2, 0.25) is 0 Å². The van der Waals surface area contributed by atoms with Gasteiger partial charge in [0.25, 0.3) is 0 Å². The minimum atomic E-state index is 0.231. The number of aromatic nitrogens is 1. The Morgan fingerprint density at radius 1 is 1.14 bits per heavy atom. The van der Waals surface area contributed by atoms with Gasteiger partial charge in [-0.1, -0.05) is 0 Å². The summed E-state index contributed by atoms with van der Waals surface area (Å²) in [6.07, 6.45) is 0. The summed E-state index contributed by atoms with van der Waals surface area (Å²) >= 11 is 1.76. The molecule has 1 heterocycles. The number of aryl methyl sites for hydroxylation is 2. The quantitative estimate of drug-likeness (QED) is 0.832. The van der Waals surface area contributed by atoms with E-state index in [9.17, 15) is 0 Å². The first-order chi connectivity index (χ1) is 10.0. The van der Waals surface area contributed by atoms with Crippen molar-refractivity contribution in [3.63, 3.8) is 0 Å². The van der Waals surface area contributed by atoms with Gasteiger partial charge in [-0.3, -0.25) is 0 Å². The predicted octanol–water partition coefficient (Wildman–Crippen LogP) is 4.78. The number of hydrogen-bond acceptors (Lipinski definition) is 4. The molecule has 21 heavy (non-hydrogen) atoms. The summed E-state index contributed by atoms with van der Waals surface area (Å²) in [4.78, 5) is 8.27. The molecule has 0 aliphatic carbocycles. The molecule has 3 nitrogen and oxygen atoms in total. The molecule has 2 rings (SSSR count). The standard InChI is InChI=1S/C17H25N3S/c1-6-20(7-2)16-10-8-15(9-11-16)18-12(3)17-13(4)21-14(5)19-17/h8-12,18H,6-7H2,1-5H3. The molecule has 1 unspecified atom stereocenters. The van der Waals surface area contributed by atoms with Crippen molar-refractivity contribution in [2.45, 2.75) is 40.7 Å². The molecule has 0 aliphatic heterocycles.